The molecular formula is C8H14BrF2NO. The second kappa shape index (κ2) is 3.90. The first-order chi connectivity index (χ1) is 5.55. The van der Waals surface area contributed by atoms with Crippen LogP contribution in [0.15, 0.2) is 0 Å². The lowest BCUT2D eigenvalue weighted by molar-refractivity contribution is -0.126. The first-order valence-corrected chi connectivity index (χ1v) is 4.72. The van der Waals surface area contributed by atoms with E-state index < -0.39 is 22.2 Å². The van der Waals surface area contributed by atoms with Crippen LogP contribution in [-0.2, 0) is 4.79 Å². The Hall–Kier alpha value is -0.190. The maximum atomic E-state index is 12.6. The summed E-state index contributed by atoms with van der Waals surface area (Å²) < 4.78 is 24.5. The van der Waals surface area contributed by atoms with E-state index in [0.717, 1.165) is 6.92 Å². The zero-order chi connectivity index (χ0) is 10.9. The number of hydrogen-bond donors (Lipinski definition) is 1. The molecular weight excluding hydrogens is 244 g/mol. The number of amides is 1. The van der Waals surface area contributed by atoms with Crippen LogP contribution in [0.1, 0.15) is 27.7 Å². The zero-order valence-electron chi connectivity index (χ0n) is 8.12. The fraction of sp³-hybridized carbons (Fsp3) is 0.875. The van der Waals surface area contributed by atoms with Crippen LogP contribution in [0.25, 0.3) is 0 Å². The van der Waals surface area contributed by atoms with Gasteiger partial charge < -0.3 is 5.32 Å². The van der Waals surface area contributed by atoms with Crippen LogP contribution in [0.2, 0.25) is 0 Å². The smallest absolute Gasteiger partial charge is 0.264 e. The highest BCUT2D eigenvalue weighted by atomic mass is 79.9. The highest BCUT2D eigenvalue weighted by molar-refractivity contribution is 9.10. The lowest BCUT2D eigenvalue weighted by Gasteiger charge is -2.24. The standard InChI is InChI=1S/C8H14BrF2NO/c1-5(8(4,10)11)12-6(13)7(2,3)9/h5H,1-4H3,(H,12,13). The molecule has 13 heavy (non-hydrogen) atoms. The molecule has 0 saturated heterocycles. The van der Waals surface area contributed by atoms with Crippen LogP contribution in [-0.4, -0.2) is 22.2 Å². The summed E-state index contributed by atoms with van der Waals surface area (Å²) in [6, 6.07) is -1.16. The van der Waals surface area contributed by atoms with Crippen LogP contribution in [0.3, 0.4) is 0 Å². The number of nitrogens with one attached hydrogen (secondary N) is 1. The van der Waals surface area contributed by atoms with Gasteiger partial charge in [-0.25, -0.2) is 8.78 Å². The summed E-state index contributed by atoms with van der Waals surface area (Å²) >= 11 is 3.08. The molecule has 0 aliphatic rings. The molecule has 0 aliphatic carbocycles. The summed E-state index contributed by atoms with van der Waals surface area (Å²) in [6.45, 7) is 5.25. The third-order valence-electron chi connectivity index (χ3n) is 1.65. The van der Waals surface area contributed by atoms with Crippen LogP contribution in [0.4, 0.5) is 8.78 Å². The van der Waals surface area contributed by atoms with Gasteiger partial charge in [0.1, 0.15) is 0 Å². The van der Waals surface area contributed by atoms with Gasteiger partial charge in [0.15, 0.2) is 0 Å². The maximum Gasteiger partial charge on any atom is 0.264 e. The van der Waals surface area contributed by atoms with Crippen molar-refractivity contribution >= 4 is 21.8 Å². The van der Waals surface area contributed by atoms with Crippen molar-refractivity contribution in [2.75, 3.05) is 0 Å². The number of carbonyl (C=O) groups is 1. The summed E-state index contributed by atoms with van der Waals surface area (Å²) in [5, 5.41) is 2.22. The molecule has 5 heteroatoms. The normalized spacial score (nSPS) is 15.3. The van der Waals surface area contributed by atoms with Gasteiger partial charge in [-0.05, 0) is 20.8 Å². The molecule has 0 bridgehead atoms. The van der Waals surface area contributed by atoms with Crippen LogP contribution in [0.5, 0.6) is 0 Å². The van der Waals surface area contributed by atoms with Gasteiger partial charge in [0.05, 0.1) is 10.4 Å². The Morgan fingerprint density at radius 2 is 1.77 bits per heavy atom. The molecule has 0 heterocycles. The van der Waals surface area contributed by atoms with Crippen molar-refractivity contribution in [1.82, 2.24) is 5.32 Å². The Morgan fingerprint density at radius 1 is 1.38 bits per heavy atom. The van der Waals surface area contributed by atoms with Crippen molar-refractivity contribution in [1.29, 1.82) is 0 Å². The van der Waals surface area contributed by atoms with Gasteiger partial charge in [-0.1, -0.05) is 15.9 Å². The zero-order valence-corrected chi connectivity index (χ0v) is 9.71. The fourth-order valence-electron chi connectivity index (χ4n) is 0.495. The van der Waals surface area contributed by atoms with Gasteiger partial charge in [-0.15, -0.1) is 0 Å². The first kappa shape index (κ1) is 12.8. The van der Waals surface area contributed by atoms with Crippen molar-refractivity contribution in [3.63, 3.8) is 0 Å². The van der Waals surface area contributed by atoms with Gasteiger partial charge in [0.2, 0.25) is 5.91 Å². The van der Waals surface area contributed by atoms with Gasteiger partial charge in [-0.2, -0.15) is 0 Å². The summed E-state index contributed by atoms with van der Waals surface area (Å²) in [6.07, 6.45) is 0. The molecule has 0 aliphatic heterocycles. The topological polar surface area (TPSA) is 29.1 Å². The fourth-order valence-corrected chi connectivity index (χ4v) is 0.609. The number of alkyl halides is 3. The van der Waals surface area contributed by atoms with E-state index in [1.807, 2.05) is 0 Å². The van der Waals surface area contributed by atoms with E-state index in [1.54, 1.807) is 13.8 Å². The second-order valence-electron chi connectivity index (χ2n) is 3.62. The Bertz CT molecular complexity index is 195. The Labute approximate surface area is 85.2 Å². The van der Waals surface area contributed by atoms with Crippen molar-refractivity contribution in [3.05, 3.63) is 0 Å². The average Bonchev–Trinajstić information content (AvgIpc) is 1.82. The summed E-state index contributed by atoms with van der Waals surface area (Å²) in [4.78, 5) is 11.2. The van der Waals surface area contributed by atoms with E-state index in [9.17, 15) is 13.6 Å². The molecule has 1 amide bonds. The molecule has 1 unspecified atom stereocenters. The number of hydrogen-bond acceptors (Lipinski definition) is 1. The first-order valence-electron chi connectivity index (χ1n) is 3.93. The predicted octanol–water partition coefficient (Wildman–Crippen LogP) is 2.32. The lowest BCUT2D eigenvalue weighted by atomic mass is 10.1. The van der Waals surface area contributed by atoms with Crippen LogP contribution in [0, 0.1) is 0 Å². The number of rotatable bonds is 3. The molecule has 78 valence electrons. The minimum Gasteiger partial charge on any atom is -0.346 e. The van der Waals surface area contributed by atoms with E-state index in [2.05, 4.69) is 21.2 Å². The average molecular weight is 258 g/mol. The Balaban J connectivity index is 4.24. The quantitative estimate of drug-likeness (QED) is 0.773. The summed E-state index contributed by atoms with van der Waals surface area (Å²) in [5.74, 6) is -3.34. The monoisotopic (exact) mass is 257 g/mol. The van der Waals surface area contributed by atoms with Crippen molar-refractivity contribution in [2.24, 2.45) is 0 Å². The second-order valence-corrected chi connectivity index (χ2v) is 5.61. The Morgan fingerprint density at radius 3 is 2.00 bits per heavy atom. The van der Waals surface area contributed by atoms with E-state index in [1.165, 1.54) is 6.92 Å². The molecule has 0 aromatic carbocycles. The highest BCUT2D eigenvalue weighted by Gasteiger charge is 2.34. The van der Waals surface area contributed by atoms with E-state index in [0.29, 0.717) is 0 Å². The van der Waals surface area contributed by atoms with Gasteiger partial charge in [0.25, 0.3) is 5.92 Å². The van der Waals surface area contributed by atoms with Gasteiger partial charge >= 0.3 is 0 Å². The van der Waals surface area contributed by atoms with Crippen molar-refractivity contribution in [3.8, 4) is 0 Å². The molecule has 0 radical (unpaired) electrons. The largest absolute Gasteiger partial charge is 0.346 e. The van der Waals surface area contributed by atoms with E-state index in [4.69, 9.17) is 0 Å². The van der Waals surface area contributed by atoms with Crippen molar-refractivity contribution < 1.29 is 13.6 Å². The van der Waals surface area contributed by atoms with Crippen LogP contribution < -0.4 is 5.32 Å². The molecule has 0 saturated carbocycles. The molecule has 0 spiro atoms. The van der Waals surface area contributed by atoms with Crippen molar-refractivity contribution in [2.45, 2.75) is 44.0 Å². The van der Waals surface area contributed by atoms with Gasteiger partial charge in [-0.3, -0.25) is 4.79 Å². The lowest BCUT2D eigenvalue weighted by Crippen LogP contribution is -2.49. The molecule has 0 aromatic heterocycles. The summed E-state index contributed by atoms with van der Waals surface area (Å²) in [5.41, 5.74) is 0. The number of carbonyl (C=O) groups excluding carboxylic acids is 1. The van der Waals surface area contributed by atoms with Crippen LogP contribution >= 0.6 is 15.9 Å². The van der Waals surface area contributed by atoms with E-state index in [-0.39, 0.29) is 0 Å². The third-order valence-corrected chi connectivity index (χ3v) is 2.01. The molecule has 0 fully saturated rings. The van der Waals surface area contributed by atoms with E-state index >= 15 is 0 Å². The van der Waals surface area contributed by atoms with Gasteiger partial charge in [0, 0.05) is 6.92 Å². The molecule has 2 nitrogen and oxygen atoms in total. The Kier molecular flexibility index (Phi) is 3.84. The summed E-state index contributed by atoms with van der Waals surface area (Å²) in [7, 11) is 0. The minimum absolute atomic E-state index is 0.443. The molecule has 1 N–H and O–H groups in total. The molecule has 0 aromatic rings. The highest BCUT2D eigenvalue weighted by Crippen LogP contribution is 2.20. The maximum absolute atomic E-state index is 12.6. The number of halogens is 3. The minimum atomic E-state index is -2.89. The molecule has 0 rings (SSSR count). The predicted molar refractivity (Wildman–Crippen MR) is 51.2 cm³/mol. The third kappa shape index (κ3) is 4.55. The molecule has 1 atom stereocenters. The SMILES string of the molecule is CC(NC(=O)C(C)(C)Br)C(C)(F)F.